The Morgan fingerprint density at radius 3 is 1.95 bits per heavy atom. The molecule has 0 aromatic heterocycles. The fourth-order valence-corrected chi connectivity index (χ4v) is 2.45. The molecule has 0 fully saturated rings. The Balaban J connectivity index is 4.67. The largest absolute Gasteiger partial charge is 0.479 e. The van der Waals surface area contributed by atoms with Gasteiger partial charge in [0.15, 0.2) is 14.4 Å². The highest BCUT2D eigenvalue weighted by Gasteiger charge is 2.40. The van der Waals surface area contributed by atoms with Gasteiger partial charge in [0, 0.05) is 0 Å². The van der Waals surface area contributed by atoms with E-state index in [1.54, 1.807) is 20.8 Å². The van der Waals surface area contributed by atoms with Gasteiger partial charge in [0.1, 0.15) is 5.60 Å². The van der Waals surface area contributed by atoms with E-state index in [9.17, 15) is 14.7 Å². The summed E-state index contributed by atoms with van der Waals surface area (Å²) in [4.78, 5) is 22.9. The van der Waals surface area contributed by atoms with Gasteiger partial charge in [-0.25, -0.2) is 9.59 Å². The van der Waals surface area contributed by atoms with Crippen LogP contribution in [0.5, 0.6) is 0 Å². The second kappa shape index (κ2) is 6.78. The monoisotopic (exact) mass is 319 g/mol. The second-order valence-corrected chi connectivity index (χ2v) is 12.3. The summed E-state index contributed by atoms with van der Waals surface area (Å²) in [6.45, 7) is 15.1. The zero-order valence-electron chi connectivity index (χ0n) is 14.4. The summed E-state index contributed by atoms with van der Waals surface area (Å²) in [5.74, 6) is -1.09. The van der Waals surface area contributed by atoms with E-state index in [-0.39, 0.29) is 11.6 Å². The highest BCUT2D eigenvalue weighted by atomic mass is 28.4. The molecule has 0 aliphatic carbocycles. The van der Waals surface area contributed by atoms with Gasteiger partial charge < -0.3 is 19.6 Å². The van der Waals surface area contributed by atoms with E-state index < -0.39 is 32.1 Å². The molecule has 0 aliphatic rings. The second-order valence-electron chi connectivity index (χ2n) is 7.59. The van der Waals surface area contributed by atoms with Crippen LogP contribution in [0.4, 0.5) is 4.79 Å². The van der Waals surface area contributed by atoms with Crippen LogP contribution in [0.2, 0.25) is 18.1 Å². The Hall–Kier alpha value is -1.08. The van der Waals surface area contributed by atoms with Crippen molar-refractivity contribution >= 4 is 20.4 Å². The minimum absolute atomic E-state index is 0.105. The molecule has 0 rings (SSSR count). The van der Waals surface area contributed by atoms with E-state index in [0.717, 1.165) is 0 Å². The zero-order chi connectivity index (χ0) is 17.1. The molecular weight excluding hydrogens is 290 g/mol. The van der Waals surface area contributed by atoms with Gasteiger partial charge in [0.05, 0.1) is 6.54 Å². The number of hydrogen-bond acceptors (Lipinski definition) is 4. The number of amides is 1. The van der Waals surface area contributed by atoms with Crippen molar-refractivity contribution in [2.75, 3.05) is 6.54 Å². The van der Waals surface area contributed by atoms with Gasteiger partial charge in [0.2, 0.25) is 0 Å². The minimum Gasteiger partial charge on any atom is -0.479 e. The number of ether oxygens (including phenoxy) is 1. The molecule has 2 N–H and O–H groups in total. The Kier molecular flexibility index (Phi) is 6.43. The molecule has 0 bridgehead atoms. The average Bonchev–Trinajstić information content (AvgIpc) is 2.19. The third kappa shape index (κ3) is 7.47. The van der Waals surface area contributed by atoms with Crippen LogP contribution in [0.15, 0.2) is 0 Å². The summed E-state index contributed by atoms with van der Waals surface area (Å²) in [6.07, 6.45) is -1.72. The molecule has 1 amide bonds. The van der Waals surface area contributed by atoms with E-state index in [1.165, 1.54) is 0 Å². The summed E-state index contributed by atoms with van der Waals surface area (Å²) < 4.78 is 10.9. The van der Waals surface area contributed by atoms with Crippen LogP contribution >= 0.6 is 0 Å². The number of nitrogens with one attached hydrogen (secondary N) is 1. The first-order valence-corrected chi connectivity index (χ1v) is 9.94. The summed E-state index contributed by atoms with van der Waals surface area (Å²) >= 11 is 0. The lowest BCUT2D eigenvalue weighted by Gasteiger charge is -2.38. The number of aliphatic carboxylic acids is 1. The molecule has 0 saturated carbocycles. The van der Waals surface area contributed by atoms with Crippen molar-refractivity contribution in [1.82, 2.24) is 5.32 Å². The Morgan fingerprint density at radius 2 is 1.62 bits per heavy atom. The molecule has 6 nitrogen and oxygen atoms in total. The molecule has 0 spiro atoms. The van der Waals surface area contributed by atoms with E-state index in [4.69, 9.17) is 9.16 Å². The number of hydrogen-bond donors (Lipinski definition) is 2. The first kappa shape index (κ1) is 19.9. The molecule has 0 saturated heterocycles. The van der Waals surface area contributed by atoms with Crippen molar-refractivity contribution in [3.05, 3.63) is 0 Å². The molecule has 1 atom stereocenters. The van der Waals surface area contributed by atoms with E-state index in [2.05, 4.69) is 5.32 Å². The van der Waals surface area contributed by atoms with Crippen LogP contribution in [0.3, 0.4) is 0 Å². The Labute approximate surface area is 128 Å². The third-order valence-corrected chi connectivity index (χ3v) is 7.84. The lowest BCUT2D eigenvalue weighted by molar-refractivity contribution is -0.145. The molecular formula is C14H29NO5Si. The lowest BCUT2D eigenvalue weighted by atomic mass is 10.2. The molecule has 124 valence electrons. The number of rotatable bonds is 5. The summed E-state index contributed by atoms with van der Waals surface area (Å²) in [6, 6.07) is 0. The molecule has 0 aromatic rings. The standard InChI is InChI=1S/C14H29NO5Si/c1-13(2,3)19-12(18)15-9-10(11(16)17)20-21(7,8)14(4,5)6/h10H,9H2,1-8H3,(H,15,18)(H,16,17). The SMILES string of the molecule is CC(C)(C)OC(=O)NCC(O[Si](C)(C)C(C)(C)C)C(=O)O. The average molecular weight is 319 g/mol. The van der Waals surface area contributed by atoms with Crippen LogP contribution in [0, 0.1) is 0 Å². The van der Waals surface area contributed by atoms with Crippen molar-refractivity contribution in [2.24, 2.45) is 0 Å². The quantitative estimate of drug-likeness (QED) is 0.761. The topological polar surface area (TPSA) is 84.9 Å². The van der Waals surface area contributed by atoms with Gasteiger partial charge in [-0.1, -0.05) is 20.8 Å². The van der Waals surface area contributed by atoms with Crippen molar-refractivity contribution in [2.45, 2.75) is 71.4 Å². The predicted molar refractivity (Wildman–Crippen MR) is 83.9 cm³/mol. The number of carbonyl (C=O) groups excluding carboxylic acids is 1. The Morgan fingerprint density at radius 1 is 1.14 bits per heavy atom. The van der Waals surface area contributed by atoms with Gasteiger partial charge >= 0.3 is 12.1 Å². The minimum atomic E-state index is -2.22. The third-order valence-electron chi connectivity index (χ3n) is 3.35. The predicted octanol–water partition coefficient (Wildman–Crippen LogP) is 2.99. The maximum atomic E-state index is 11.6. The molecule has 7 heteroatoms. The van der Waals surface area contributed by atoms with Gasteiger partial charge in [-0.2, -0.15) is 0 Å². The molecule has 21 heavy (non-hydrogen) atoms. The number of carbonyl (C=O) groups is 2. The van der Waals surface area contributed by atoms with Crippen molar-refractivity contribution in [1.29, 1.82) is 0 Å². The molecule has 0 aromatic carbocycles. The first-order chi connectivity index (χ1) is 9.16. The van der Waals surface area contributed by atoms with Crippen LogP contribution in [-0.4, -0.2) is 43.7 Å². The normalized spacial score (nSPS) is 14.5. The van der Waals surface area contributed by atoms with E-state index in [0.29, 0.717) is 0 Å². The van der Waals surface area contributed by atoms with E-state index in [1.807, 2.05) is 33.9 Å². The molecule has 0 radical (unpaired) electrons. The van der Waals surface area contributed by atoms with Crippen LogP contribution < -0.4 is 5.32 Å². The summed E-state index contributed by atoms with van der Waals surface area (Å²) in [5.41, 5.74) is -0.622. The van der Waals surface area contributed by atoms with Gasteiger partial charge in [0.25, 0.3) is 0 Å². The maximum absolute atomic E-state index is 11.6. The van der Waals surface area contributed by atoms with Gasteiger partial charge in [-0.05, 0) is 38.9 Å². The van der Waals surface area contributed by atoms with Gasteiger partial charge in [-0.15, -0.1) is 0 Å². The Bertz CT molecular complexity index is 382. The summed E-state index contributed by atoms with van der Waals surface area (Å²) in [5, 5.41) is 11.6. The first-order valence-electron chi connectivity index (χ1n) is 7.03. The maximum Gasteiger partial charge on any atom is 0.407 e. The van der Waals surface area contributed by atoms with Crippen molar-refractivity contribution < 1.29 is 23.9 Å². The number of alkyl carbamates (subject to hydrolysis) is 1. The van der Waals surface area contributed by atoms with Crippen LogP contribution in [0.1, 0.15) is 41.5 Å². The van der Waals surface area contributed by atoms with Crippen LogP contribution in [0.25, 0.3) is 0 Å². The van der Waals surface area contributed by atoms with Gasteiger partial charge in [-0.3, -0.25) is 0 Å². The highest BCUT2D eigenvalue weighted by molar-refractivity contribution is 6.74. The fraction of sp³-hybridized carbons (Fsp3) is 0.857. The number of carboxylic acids is 1. The molecule has 0 heterocycles. The van der Waals surface area contributed by atoms with Crippen molar-refractivity contribution in [3.63, 3.8) is 0 Å². The number of carboxylic acid groups (broad SMARTS) is 1. The molecule has 1 unspecified atom stereocenters. The zero-order valence-corrected chi connectivity index (χ0v) is 15.4. The smallest absolute Gasteiger partial charge is 0.407 e. The van der Waals surface area contributed by atoms with Crippen LogP contribution in [-0.2, 0) is 14.0 Å². The molecule has 0 aliphatic heterocycles. The summed E-state index contributed by atoms with van der Waals surface area (Å²) in [7, 11) is -2.22. The van der Waals surface area contributed by atoms with E-state index >= 15 is 0 Å². The van der Waals surface area contributed by atoms with Crippen molar-refractivity contribution in [3.8, 4) is 0 Å². The lowest BCUT2D eigenvalue weighted by Crippen LogP contribution is -2.50. The fourth-order valence-electron chi connectivity index (χ4n) is 1.20. The highest BCUT2D eigenvalue weighted by Crippen LogP contribution is 2.37.